The Hall–Kier alpha value is -1.04. The number of amides is 4. The van der Waals surface area contributed by atoms with E-state index in [0.717, 1.165) is 29.9 Å². The van der Waals surface area contributed by atoms with E-state index in [-0.39, 0.29) is 11.3 Å². The first-order chi connectivity index (χ1) is 7.65. The molecule has 0 aromatic heterocycles. The van der Waals surface area contributed by atoms with Crippen LogP contribution in [0.4, 0.5) is 4.79 Å². The van der Waals surface area contributed by atoms with E-state index in [4.69, 9.17) is 0 Å². The largest absolute Gasteiger partial charge is 0.331 e. The zero-order valence-corrected chi connectivity index (χ0v) is 9.88. The summed E-state index contributed by atoms with van der Waals surface area (Å²) in [6, 6.07) is -0.660. The molecule has 1 saturated carbocycles. The maximum atomic E-state index is 11.5. The van der Waals surface area contributed by atoms with E-state index >= 15 is 0 Å². The van der Waals surface area contributed by atoms with Gasteiger partial charge in [-0.15, -0.1) is 0 Å². The van der Waals surface area contributed by atoms with Gasteiger partial charge in [0.1, 0.15) is 0 Å². The molecule has 2 rings (SSSR count). The van der Waals surface area contributed by atoms with Crippen molar-refractivity contribution >= 4 is 29.6 Å². The fraction of sp³-hybridized carbons (Fsp3) is 0.700. The molecule has 2 fully saturated rings. The quantitative estimate of drug-likeness (QED) is 0.585. The maximum Gasteiger partial charge on any atom is 0.331 e. The van der Waals surface area contributed by atoms with Gasteiger partial charge in [-0.05, 0) is 18.6 Å². The van der Waals surface area contributed by atoms with Gasteiger partial charge < -0.3 is 0 Å². The highest BCUT2D eigenvalue weighted by molar-refractivity contribution is 7.99. The van der Waals surface area contributed by atoms with Gasteiger partial charge in [-0.3, -0.25) is 19.8 Å². The summed E-state index contributed by atoms with van der Waals surface area (Å²) >= 11 is 1.75. The molecule has 1 N–H and O–H groups in total. The van der Waals surface area contributed by atoms with Crippen LogP contribution in [0.15, 0.2) is 0 Å². The molecule has 2 atom stereocenters. The predicted molar refractivity (Wildman–Crippen MR) is 59.9 cm³/mol. The van der Waals surface area contributed by atoms with Gasteiger partial charge in [-0.25, -0.2) is 4.79 Å². The summed E-state index contributed by atoms with van der Waals surface area (Å²) in [5.74, 6) is -0.533. The highest BCUT2D eigenvalue weighted by atomic mass is 32.2. The number of hydrogen-bond acceptors (Lipinski definition) is 4. The van der Waals surface area contributed by atoms with Crippen molar-refractivity contribution in [2.75, 3.05) is 5.75 Å². The van der Waals surface area contributed by atoms with Gasteiger partial charge in [-0.1, -0.05) is 13.3 Å². The predicted octanol–water partition coefficient (Wildman–Crippen LogP) is 0.739. The molecule has 1 heterocycles. The average molecular weight is 242 g/mol. The Morgan fingerprint density at radius 3 is 2.69 bits per heavy atom. The summed E-state index contributed by atoms with van der Waals surface area (Å²) in [5, 5.41) is 2.33. The van der Waals surface area contributed by atoms with Gasteiger partial charge in [0.25, 0.3) is 0 Å². The summed E-state index contributed by atoms with van der Waals surface area (Å²) in [7, 11) is 0. The number of hydrogen-bond donors (Lipinski definition) is 1. The molecule has 2 unspecified atom stereocenters. The zero-order valence-electron chi connectivity index (χ0n) is 9.06. The molecule has 0 spiro atoms. The van der Waals surface area contributed by atoms with Crippen molar-refractivity contribution < 1.29 is 14.4 Å². The van der Waals surface area contributed by atoms with Crippen molar-refractivity contribution in [3.05, 3.63) is 0 Å². The van der Waals surface area contributed by atoms with Crippen LogP contribution in [0.1, 0.15) is 26.2 Å². The molecule has 88 valence electrons. The molecular weight excluding hydrogens is 228 g/mol. The van der Waals surface area contributed by atoms with Crippen LogP contribution in [-0.2, 0) is 9.59 Å². The molecule has 0 bridgehead atoms. The first-order valence-electron chi connectivity index (χ1n) is 5.45. The molecule has 1 aliphatic heterocycles. The SMILES string of the molecule is CCSC1CCCC1N1C(=O)NC(=O)C1=O. The molecule has 1 saturated heterocycles. The van der Waals surface area contributed by atoms with Crippen LogP contribution in [0.2, 0.25) is 0 Å². The van der Waals surface area contributed by atoms with Gasteiger partial charge >= 0.3 is 17.8 Å². The second kappa shape index (κ2) is 4.45. The Balaban J connectivity index is 2.14. The monoisotopic (exact) mass is 242 g/mol. The van der Waals surface area contributed by atoms with E-state index in [0.29, 0.717) is 0 Å². The van der Waals surface area contributed by atoms with Crippen molar-refractivity contribution in [3.63, 3.8) is 0 Å². The number of nitrogens with zero attached hydrogens (tertiary/aromatic N) is 1. The molecule has 2 aliphatic rings. The van der Waals surface area contributed by atoms with E-state index in [1.54, 1.807) is 11.8 Å². The minimum Gasteiger partial charge on any atom is -0.269 e. The molecule has 0 radical (unpaired) electrons. The molecule has 6 heteroatoms. The minimum atomic E-state index is -0.794. The van der Waals surface area contributed by atoms with Gasteiger partial charge in [0.2, 0.25) is 0 Å². The van der Waals surface area contributed by atoms with Crippen LogP contribution < -0.4 is 5.32 Å². The number of carbonyl (C=O) groups is 3. The zero-order chi connectivity index (χ0) is 11.7. The lowest BCUT2D eigenvalue weighted by molar-refractivity contribution is -0.141. The first kappa shape index (κ1) is 11.4. The number of thioether (sulfide) groups is 1. The smallest absolute Gasteiger partial charge is 0.269 e. The lowest BCUT2D eigenvalue weighted by Gasteiger charge is -2.25. The van der Waals surface area contributed by atoms with Crippen LogP contribution in [0.25, 0.3) is 0 Å². The first-order valence-corrected chi connectivity index (χ1v) is 6.50. The number of urea groups is 1. The van der Waals surface area contributed by atoms with Crippen molar-refractivity contribution in [2.24, 2.45) is 0 Å². The second-order valence-electron chi connectivity index (χ2n) is 3.93. The lowest BCUT2D eigenvalue weighted by atomic mass is 10.2. The number of imide groups is 2. The van der Waals surface area contributed by atoms with Crippen LogP contribution in [-0.4, -0.2) is 39.8 Å². The van der Waals surface area contributed by atoms with Gasteiger partial charge in [0.15, 0.2) is 0 Å². The summed E-state index contributed by atoms with van der Waals surface area (Å²) in [6.45, 7) is 2.05. The Labute approximate surface area is 97.9 Å². The molecule has 4 amide bonds. The second-order valence-corrected chi connectivity index (χ2v) is 5.44. The van der Waals surface area contributed by atoms with Crippen molar-refractivity contribution in [3.8, 4) is 0 Å². The normalized spacial score (nSPS) is 30.1. The standard InChI is InChI=1S/C10H14N2O3S/c1-2-16-7-5-3-4-6(7)12-9(14)8(13)11-10(12)15/h6-7H,2-5H2,1H3,(H,11,13,15). The molecule has 5 nitrogen and oxygen atoms in total. The van der Waals surface area contributed by atoms with Gasteiger partial charge in [0, 0.05) is 5.25 Å². The molecule has 16 heavy (non-hydrogen) atoms. The number of rotatable bonds is 3. The topological polar surface area (TPSA) is 66.5 Å². The van der Waals surface area contributed by atoms with Crippen LogP contribution in [0, 0.1) is 0 Å². The van der Waals surface area contributed by atoms with Crippen molar-refractivity contribution in [1.29, 1.82) is 0 Å². The molecule has 0 aromatic rings. The summed E-state index contributed by atoms with van der Waals surface area (Å²) in [5.41, 5.74) is 0. The van der Waals surface area contributed by atoms with E-state index in [1.807, 2.05) is 5.32 Å². The third-order valence-corrected chi connectivity index (χ3v) is 4.29. The molecular formula is C10H14N2O3S. The van der Waals surface area contributed by atoms with Crippen molar-refractivity contribution in [1.82, 2.24) is 10.2 Å². The van der Waals surface area contributed by atoms with E-state index in [1.165, 1.54) is 0 Å². The van der Waals surface area contributed by atoms with E-state index in [9.17, 15) is 14.4 Å². The Bertz CT molecular complexity index is 345. The van der Waals surface area contributed by atoms with Crippen LogP contribution in [0.5, 0.6) is 0 Å². The third-order valence-electron chi connectivity index (χ3n) is 2.98. The Morgan fingerprint density at radius 2 is 2.12 bits per heavy atom. The fourth-order valence-electron chi connectivity index (χ4n) is 2.32. The number of nitrogens with one attached hydrogen (secondary N) is 1. The molecule has 0 aromatic carbocycles. The third kappa shape index (κ3) is 1.81. The van der Waals surface area contributed by atoms with Gasteiger partial charge in [0.05, 0.1) is 6.04 Å². The van der Waals surface area contributed by atoms with Crippen LogP contribution in [0.3, 0.4) is 0 Å². The summed E-state index contributed by atoms with van der Waals surface area (Å²) in [4.78, 5) is 35.2. The summed E-state index contributed by atoms with van der Waals surface area (Å²) in [6.07, 6.45) is 2.83. The Kier molecular flexibility index (Phi) is 3.18. The highest BCUT2D eigenvalue weighted by Crippen LogP contribution is 2.34. The number of carbonyl (C=O) groups excluding carboxylic acids is 3. The van der Waals surface area contributed by atoms with Crippen LogP contribution >= 0.6 is 11.8 Å². The molecule has 1 aliphatic carbocycles. The maximum absolute atomic E-state index is 11.5. The Morgan fingerprint density at radius 1 is 1.38 bits per heavy atom. The summed E-state index contributed by atoms with van der Waals surface area (Å²) < 4.78 is 0. The highest BCUT2D eigenvalue weighted by Gasteiger charge is 2.45. The van der Waals surface area contributed by atoms with E-state index < -0.39 is 17.8 Å². The van der Waals surface area contributed by atoms with E-state index in [2.05, 4.69) is 6.92 Å². The lowest BCUT2D eigenvalue weighted by Crippen LogP contribution is -2.43. The fourth-order valence-corrected chi connectivity index (χ4v) is 3.57. The van der Waals surface area contributed by atoms with Gasteiger partial charge in [-0.2, -0.15) is 11.8 Å². The minimum absolute atomic E-state index is 0.108. The average Bonchev–Trinajstić information content (AvgIpc) is 2.75. The van der Waals surface area contributed by atoms with Crippen molar-refractivity contribution in [2.45, 2.75) is 37.5 Å².